The summed E-state index contributed by atoms with van der Waals surface area (Å²) in [6, 6.07) is 0. The molecule has 1 atom stereocenters. The molecule has 0 aromatic heterocycles. The Kier molecular flexibility index (Phi) is 254. The SMILES string of the molecule is O=NO.O=[PH2]O.[NaH].[NaH].[NaH].[NaH].[NaH]. The molecule has 48 valence electrons. The van der Waals surface area contributed by atoms with Crippen molar-refractivity contribution in [2.45, 2.75) is 0 Å². The van der Waals surface area contributed by atoms with Gasteiger partial charge in [0.1, 0.15) is 0 Å². The summed E-state index contributed by atoms with van der Waals surface area (Å²) in [4.78, 5) is 15.2. The van der Waals surface area contributed by atoms with Crippen molar-refractivity contribution in [2.75, 3.05) is 0 Å². The van der Waals surface area contributed by atoms with E-state index >= 15 is 0 Å². The molecule has 0 fully saturated rings. The fourth-order valence-corrected chi connectivity index (χ4v) is 0. The molecule has 0 aromatic rings. The quantitative estimate of drug-likeness (QED) is 0.197. The van der Waals surface area contributed by atoms with E-state index in [4.69, 9.17) is 19.6 Å². The average Bonchev–Trinajstić information content (AvgIpc) is 1.39. The monoisotopic (exact) mass is 233 g/mol. The Hall–Kier alpha value is 4.59. The predicted octanol–water partition coefficient (Wildman–Crippen LogP) is -3.45. The van der Waals surface area contributed by atoms with Crippen LogP contribution in [0.3, 0.4) is 0 Å². The zero-order chi connectivity index (χ0) is 5.41. The van der Waals surface area contributed by atoms with Gasteiger partial charge in [-0.15, -0.1) is 4.91 Å². The summed E-state index contributed by atoms with van der Waals surface area (Å²) in [6.07, 6.45) is 0. The Morgan fingerprint density at radius 3 is 1.00 bits per heavy atom. The van der Waals surface area contributed by atoms with Gasteiger partial charge in [-0.3, -0.25) is 4.57 Å². The Morgan fingerprint density at radius 2 is 1.00 bits per heavy atom. The number of rotatable bonds is 0. The van der Waals surface area contributed by atoms with Crippen molar-refractivity contribution in [1.29, 1.82) is 0 Å². The minimum atomic E-state index is -1.50. The first-order valence-electron chi connectivity index (χ1n) is 0.876. The third kappa shape index (κ3) is 110. The molecule has 0 aliphatic carbocycles. The Morgan fingerprint density at radius 1 is 1.00 bits per heavy atom. The standard InChI is InChI=1S/HNO2.5Na.H3O2P.5H/c2-1-3;;;;;;1-3-2;;;;;/h(H,2,3);;;;;;3H2,(H,1,2);;;;;. The molecule has 0 heterocycles. The van der Waals surface area contributed by atoms with E-state index < -0.39 is 8.69 Å². The summed E-state index contributed by atoms with van der Waals surface area (Å²) >= 11 is 0. The third-order valence-corrected chi connectivity index (χ3v) is 0. The zero-order valence-electron chi connectivity index (χ0n) is 2.74. The van der Waals surface area contributed by atoms with Gasteiger partial charge in [-0.05, 0) is 0 Å². The number of hydrogen-bond donors (Lipinski definition) is 2. The van der Waals surface area contributed by atoms with Crippen molar-refractivity contribution in [1.82, 2.24) is 0 Å². The molecule has 0 bridgehead atoms. The molecule has 11 heavy (non-hydrogen) atoms. The van der Waals surface area contributed by atoms with Gasteiger partial charge in [0.15, 0.2) is 14.0 Å². The predicted molar refractivity (Wildman–Crippen MR) is 55.9 cm³/mol. The average molecular weight is 233 g/mol. The van der Waals surface area contributed by atoms with Crippen LogP contribution in [0.1, 0.15) is 0 Å². The zero-order valence-corrected chi connectivity index (χ0v) is 3.89. The van der Waals surface area contributed by atoms with Crippen LogP contribution in [0.25, 0.3) is 0 Å². The molecular weight excluding hydrogens is 224 g/mol. The van der Waals surface area contributed by atoms with E-state index in [1.165, 1.54) is 5.34 Å². The first kappa shape index (κ1) is 45.0. The molecule has 1 unspecified atom stereocenters. The van der Waals surface area contributed by atoms with Crippen molar-refractivity contribution in [2.24, 2.45) is 5.34 Å². The van der Waals surface area contributed by atoms with Crippen LogP contribution in [-0.2, 0) is 4.57 Å². The van der Waals surface area contributed by atoms with Gasteiger partial charge in [-0.1, -0.05) is 0 Å². The van der Waals surface area contributed by atoms with Crippen LogP contribution in [0.2, 0.25) is 0 Å². The topological polar surface area (TPSA) is 87.0 Å². The summed E-state index contributed by atoms with van der Waals surface area (Å²) in [5, 5.41) is 7.89. The van der Waals surface area contributed by atoms with Crippen molar-refractivity contribution in [3.63, 3.8) is 0 Å². The summed E-state index contributed by atoms with van der Waals surface area (Å²) in [5.74, 6) is 0. The van der Waals surface area contributed by atoms with Crippen LogP contribution in [0.5, 0.6) is 0 Å². The number of hydrogen-bond acceptors (Lipinski definition) is 3. The van der Waals surface area contributed by atoms with Crippen LogP contribution < -0.4 is 0 Å². The van der Waals surface area contributed by atoms with Crippen LogP contribution in [-0.4, -0.2) is 158 Å². The molecule has 0 aliphatic heterocycles. The Balaban J connectivity index is -0.00000000400. The second kappa shape index (κ2) is 62.0. The molecule has 0 spiro atoms. The summed E-state index contributed by atoms with van der Waals surface area (Å²) in [7, 11) is -1.50. The second-order valence-electron chi connectivity index (χ2n) is 0.187. The molecule has 0 rings (SSSR count). The van der Waals surface area contributed by atoms with Gasteiger partial charge in [-0.25, -0.2) is 0 Å². The van der Waals surface area contributed by atoms with Gasteiger partial charge in [0, 0.05) is 0 Å². The van der Waals surface area contributed by atoms with E-state index in [-0.39, 0.29) is 148 Å². The molecule has 0 aromatic carbocycles. The maximum atomic E-state index is 8.57. The molecular formula is H9NNa5O4P. The fourth-order valence-electron chi connectivity index (χ4n) is 0. The van der Waals surface area contributed by atoms with E-state index in [1.807, 2.05) is 0 Å². The fraction of sp³-hybridized carbons (Fsp3) is 0. The third-order valence-electron chi connectivity index (χ3n) is 0. The van der Waals surface area contributed by atoms with Gasteiger partial charge in [0.2, 0.25) is 0 Å². The van der Waals surface area contributed by atoms with Crippen LogP contribution in [0.4, 0.5) is 0 Å². The van der Waals surface area contributed by atoms with Crippen molar-refractivity contribution >= 4 is 156 Å². The van der Waals surface area contributed by atoms with Gasteiger partial charge in [0.05, 0.1) is 0 Å². The summed E-state index contributed by atoms with van der Waals surface area (Å²) in [6.45, 7) is 0. The minimum absolute atomic E-state index is 0. The second-order valence-corrected chi connectivity index (χ2v) is 0.398. The molecule has 0 amide bonds. The molecule has 11 heteroatoms. The van der Waals surface area contributed by atoms with Crippen LogP contribution >= 0.6 is 8.69 Å². The Labute approximate surface area is 177 Å². The van der Waals surface area contributed by atoms with E-state index in [2.05, 4.69) is 0 Å². The molecule has 0 saturated carbocycles. The van der Waals surface area contributed by atoms with E-state index in [0.29, 0.717) is 0 Å². The maximum absolute atomic E-state index is 8.57. The van der Waals surface area contributed by atoms with Gasteiger partial charge >= 0.3 is 148 Å². The molecule has 2 N–H and O–H groups in total. The number of nitrogens with zero attached hydrogens (tertiary/aromatic N) is 1. The Bertz CT molecular complexity index is 39.5. The van der Waals surface area contributed by atoms with Gasteiger partial charge < -0.3 is 10.1 Å². The molecule has 0 aliphatic rings. The van der Waals surface area contributed by atoms with E-state index in [0.717, 1.165) is 0 Å². The van der Waals surface area contributed by atoms with Crippen molar-refractivity contribution in [3.05, 3.63) is 4.91 Å². The van der Waals surface area contributed by atoms with Crippen molar-refractivity contribution in [3.8, 4) is 0 Å². The van der Waals surface area contributed by atoms with E-state index in [9.17, 15) is 0 Å². The van der Waals surface area contributed by atoms with Crippen LogP contribution in [0, 0.1) is 4.91 Å². The summed E-state index contributed by atoms with van der Waals surface area (Å²) in [5.41, 5.74) is 0. The van der Waals surface area contributed by atoms with Gasteiger partial charge in [-0.2, -0.15) is 0 Å². The molecule has 0 radical (unpaired) electrons. The van der Waals surface area contributed by atoms with Crippen LogP contribution in [0.15, 0.2) is 5.34 Å². The summed E-state index contributed by atoms with van der Waals surface area (Å²) < 4.78 is 8.57. The van der Waals surface area contributed by atoms with E-state index in [1.54, 1.807) is 0 Å². The molecule has 5 nitrogen and oxygen atoms in total. The van der Waals surface area contributed by atoms with Crippen molar-refractivity contribution < 1.29 is 14.7 Å². The normalized spacial score (nSPS) is 3.73. The molecule has 0 saturated heterocycles. The first-order chi connectivity index (χ1) is 2.83. The van der Waals surface area contributed by atoms with Gasteiger partial charge in [0.25, 0.3) is 0 Å². The first-order valence-corrected chi connectivity index (χ1v) is 1.86.